The quantitative estimate of drug-likeness (QED) is 0.846. The summed E-state index contributed by atoms with van der Waals surface area (Å²) in [6.07, 6.45) is 5.95. The zero-order valence-corrected chi connectivity index (χ0v) is 14.0. The van der Waals surface area contributed by atoms with Crippen LogP contribution in [0.5, 0.6) is 0 Å². The molecule has 0 radical (unpaired) electrons. The molecule has 1 aromatic rings. The number of cyclic esters (lactones) is 1. The summed E-state index contributed by atoms with van der Waals surface area (Å²) in [6.45, 7) is 2.30. The van der Waals surface area contributed by atoms with Crippen molar-refractivity contribution in [1.82, 2.24) is 10.2 Å². The molecule has 2 aliphatic rings. The molecule has 3 atom stereocenters. The van der Waals surface area contributed by atoms with Crippen LogP contribution in [0.15, 0.2) is 30.3 Å². The van der Waals surface area contributed by atoms with E-state index in [0.717, 1.165) is 19.5 Å². The highest BCUT2D eigenvalue weighted by Gasteiger charge is 2.31. The largest absolute Gasteiger partial charge is 0.460 e. The maximum atomic E-state index is 12.0. The normalized spacial score (nSPS) is 29.3. The van der Waals surface area contributed by atoms with Crippen LogP contribution < -0.4 is 5.32 Å². The number of rotatable bonds is 5. The van der Waals surface area contributed by atoms with E-state index in [1.54, 1.807) is 0 Å². The third-order valence-electron chi connectivity index (χ3n) is 5.19. The lowest BCUT2D eigenvalue weighted by molar-refractivity contribution is -0.159. The number of carbonyl (C=O) groups excluding carboxylic acids is 1. The van der Waals surface area contributed by atoms with Crippen molar-refractivity contribution in [1.29, 1.82) is 0 Å². The molecule has 3 rings (SSSR count). The Morgan fingerprint density at radius 1 is 1.22 bits per heavy atom. The van der Waals surface area contributed by atoms with Crippen LogP contribution in [-0.2, 0) is 16.0 Å². The van der Waals surface area contributed by atoms with E-state index < -0.39 is 0 Å². The molecule has 1 aliphatic carbocycles. The zero-order chi connectivity index (χ0) is 16.1. The van der Waals surface area contributed by atoms with E-state index in [-0.39, 0.29) is 12.1 Å². The lowest BCUT2D eigenvalue weighted by Gasteiger charge is -2.38. The summed E-state index contributed by atoms with van der Waals surface area (Å²) in [6, 6.07) is 10.9. The minimum atomic E-state index is -0.0750. The number of ether oxygens (including phenoxy) is 1. The van der Waals surface area contributed by atoms with Crippen LogP contribution in [0, 0.1) is 5.92 Å². The van der Waals surface area contributed by atoms with E-state index in [0.29, 0.717) is 18.5 Å². The number of esters is 1. The van der Waals surface area contributed by atoms with Crippen molar-refractivity contribution in [3.63, 3.8) is 0 Å². The minimum absolute atomic E-state index is 0.0183. The SMILES string of the molecule is CNC1CCCCC1CN1CC(=O)OC(Cc2ccccc2)C1. The molecule has 1 aromatic carbocycles. The number of carbonyl (C=O) groups is 1. The molecule has 0 spiro atoms. The summed E-state index contributed by atoms with van der Waals surface area (Å²) in [4.78, 5) is 14.3. The molecule has 23 heavy (non-hydrogen) atoms. The van der Waals surface area contributed by atoms with E-state index >= 15 is 0 Å². The molecule has 0 bridgehead atoms. The fraction of sp³-hybridized carbons (Fsp3) is 0.632. The topological polar surface area (TPSA) is 41.6 Å². The Balaban J connectivity index is 1.58. The highest BCUT2D eigenvalue weighted by Crippen LogP contribution is 2.26. The first-order valence-electron chi connectivity index (χ1n) is 8.87. The summed E-state index contributed by atoms with van der Waals surface area (Å²) in [5.74, 6) is 0.575. The Kier molecular flexibility index (Phi) is 5.68. The lowest BCUT2D eigenvalue weighted by atomic mass is 9.84. The molecular formula is C19H28N2O2. The number of nitrogens with one attached hydrogen (secondary N) is 1. The van der Waals surface area contributed by atoms with Crippen molar-refractivity contribution < 1.29 is 9.53 Å². The lowest BCUT2D eigenvalue weighted by Crippen LogP contribution is -2.50. The molecule has 1 aliphatic heterocycles. The highest BCUT2D eigenvalue weighted by atomic mass is 16.5. The van der Waals surface area contributed by atoms with Gasteiger partial charge in [-0.05, 0) is 31.4 Å². The predicted octanol–water partition coefficient (Wildman–Crippen LogP) is 2.23. The van der Waals surface area contributed by atoms with E-state index in [2.05, 4.69) is 29.4 Å². The average molecular weight is 316 g/mol. The second kappa shape index (κ2) is 7.93. The number of hydrogen-bond acceptors (Lipinski definition) is 4. The molecule has 126 valence electrons. The third kappa shape index (κ3) is 4.55. The van der Waals surface area contributed by atoms with E-state index in [4.69, 9.17) is 4.74 Å². The van der Waals surface area contributed by atoms with Gasteiger partial charge in [0.15, 0.2) is 0 Å². The van der Waals surface area contributed by atoms with Gasteiger partial charge in [-0.15, -0.1) is 0 Å². The van der Waals surface area contributed by atoms with Gasteiger partial charge in [-0.2, -0.15) is 0 Å². The number of benzene rings is 1. The van der Waals surface area contributed by atoms with Gasteiger partial charge in [0.1, 0.15) is 6.10 Å². The van der Waals surface area contributed by atoms with Gasteiger partial charge in [0.25, 0.3) is 0 Å². The van der Waals surface area contributed by atoms with Crippen LogP contribution in [0.3, 0.4) is 0 Å². The van der Waals surface area contributed by atoms with Gasteiger partial charge in [-0.25, -0.2) is 0 Å². The third-order valence-corrected chi connectivity index (χ3v) is 5.19. The van der Waals surface area contributed by atoms with Gasteiger partial charge >= 0.3 is 5.97 Å². The molecule has 1 N–H and O–H groups in total. The van der Waals surface area contributed by atoms with Crippen LogP contribution in [0.1, 0.15) is 31.2 Å². The van der Waals surface area contributed by atoms with Gasteiger partial charge in [-0.3, -0.25) is 9.69 Å². The second-order valence-corrected chi connectivity index (χ2v) is 6.94. The summed E-state index contributed by atoms with van der Waals surface area (Å²) in [5, 5.41) is 3.46. The molecule has 1 heterocycles. The standard InChI is InChI=1S/C19H28N2O2/c1-20-18-10-6-5-9-16(18)12-21-13-17(23-19(22)14-21)11-15-7-3-2-4-8-15/h2-4,7-8,16-18,20H,5-6,9-14H2,1H3. The van der Waals surface area contributed by atoms with Crippen molar-refractivity contribution in [2.75, 3.05) is 26.7 Å². The Hall–Kier alpha value is -1.39. The maximum absolute atomic E-state index is 12.0. The molecule has 4 nitrogen and oxygen atoms in total. The first kappa shape index (κ1) is 16.5. The first-order valence-corrected chi connectivity index (χ1v) is 8.87. The molecule has 1 saturated carbocycles. The fourth-order valence-corrected chi connectivity index (χ4v) is 4.06. The monoisotopic (exact) mass is 316 g/mol. The second-order valence-electron chi connectivity index (χ2n) is 6.94. The Morgan fingerprint density at radius 2 is 2.00 bits per heavy atom. The van der Waals surface area contributed by atoms with Crippen molar-refractivity contribution in [3.05, 3.63) is 35.9 Å². The number of morpholine rings is 1. The van der Waals surface area contributed by atoms with Crippen molar-refractivity contribution >= 4 is 5.97 Å². The number of hydrogen-bond donors (Lipinski definition) is 1. The van der Waals surface area contributed by atoms with Crippen LogP contribution in [0.25, 0.3) is 0 Å². The zero-order valence-electron chi connectivity index (χ0n) is 14.0. The number of nitrogens with zero attached hydrogens (tertiary/aromatic N) is 1. The molecule has 3 unspecified atom stereocenters. The van der Waals surface area contributed by atoms with Crippen LogP contribution >= 0.6 is 0 Å². The molecular weight excluding hydrogens is 288 g/mol. The summed E-state index contributed by atoms with van der Waals surface area (Å²) >= 11 is 0. The minimum Gasteiger partial charge on any atom is -0.460 e. The molecule has 0 amide bonds. The summed E-state index contributed by atoms with van der Waals surface area (Å²) in [7, 11) is 2.06. The van der Waals surface area contributed by atoms with Crippen LogP contribution in [0.4, 0.5) is 0 Å². The first-order chi connectivity index (χ1) is 11.2. The Morgan fingerprint density at radius 3 is 2.78 bits per heavy atom. The van der Waals surface area contributed by atoms with Gasteiger partial charge in [-0.1, -0.05) is 43.2 Å². The van der Waals surface area contributed by atoms with Gasteiger partial charge < -0.3 is 10.1 Å². The molecule has 1 saturated heterocycles. The van der Waals surface area contributed by atoms with E-state index in [9.17, 15) is 4.79 Å². The van der Waals surface area contributed by atoms with Crippen molar-refractivity contribution in [2.24, 2.45) is 5.92 Å². The fourth-order valence-electron chi connectivity index (χ4n) is 4.06. The van der Waals surface area contributed by atoms with E-state index in [1.807, 2.05) is 18.2 Å². The van der Waals surface area contributed by atoms with Crippen LogP contribution in [-0.4, -0.2) is 49.7 Å². The highest BCUT2D eigenvalue weighted by molar-refractivity contribution is 5.72. The van der Waals surface area contributed by atoms with Gasteiger partial charge in [0.2, 0.25) is 0 Å². The van der Waals surface area contributed by atoms with Crippen LogP contribution in [0.2, 0.25) is 0 Å². The summed E-state index contributed by atoms with van der Waals surface area (Å²) < 4.78 is 5.57. The van der Waals surface area contributed by atoms with Gasteiger partial charge in [0, 0.05) is 25.6 Å². The Bertz CT molecular complexity index is 505. The Labute approximate surface area is 139 Å². The van der Waals surface area contributed by atoms with Crippen molar-refractivity contribution in [2.45, 2.75) is 44.2 Å². The molecule has 4 heteroatoms. The maximum Gasteiger partial charge on any atom is 0.320 e. The smallest absolute Gasteiger partial charge is 0.320 e. The van der Waals surface area contributed by atoms with Gasteiger partial charge in [0.05, 0.1) is 6.54 Å². The molecule has 0 aromatic heterocycles. The predicted molar refractivity (Wildman–Crippen MR) is 91.3 cm³/mol. The van der Waals surface area contributed by atoms with E-state index in [1.165, 1.54) is 31.2 Å². The average Bonchev–Trinajstić information content (AvgIpc) is 2.56. The van der Waals surface area contributed by atoms with Crippen molar-refractivity contribution in [3.8, 4) is 0 Å². The molecule has 2 fully saturated rings. The summed E-state index contributed by atoms with van der Waals surface area (Å²) in [5.41, 5.74) is 1.23.